The molecule has 1 N–H and O–H groups in total. The maximum Gasteiger partial charge on any atom is 0.309 e. The fourth-order valence-electron chi connectivity index (χ4n) is 1.94. The molecule has 0 aliphatic heterocycles. The van der Waals surface area contributed by atoms with Crippen molar-refractivity contribution in [1.82, 2.24) is 0 Å². The summed E-state index contributed by atoms with van der Waals surface area (Å²) in [7, 11) is 0. The van der Waals surface area contributed by atoms with Gasteiger partial charge in [0.25, 0.3) is 0 Å². The minimum Gasteiger partial charge on any atom is -0.494 e. The van der Waals surface area contributed by atoms with Crippen LogP contribution in [0.5, 0.6) is 5.75 Å². The van der Waals surface area contributed by atoms with E-state index in [1.54, 1.807) is 13.8 Å². The van der Waals surface area contributed by atoms with Crippen molar-refractivity contribution >= 4 is 5.97 Å². The molecule has 0 radical (unpaired) electrons. The number of aliphatic carboxylic acids is 1. The Morgan fingerprint density at radius 2 is 1.85 bits per heavy atom. The standard InChI is InChI=1S/C17H26O3/c1-4-5-7-14-8-10-15(11-9-14)20-13-6-12-17(2,3)16(18)19/h8-11H,4-7,12-13H2,1-3H3,(H,18,19). The quantitative estimate of drug-likeness (QED) is 0.685. The number of ether oxygens (including phenoxy) is 1. The van der Waals surface area contributed by atoms with E-state index in [2.05, 4.69) is 19.1 Å². The van der Waals surface area contributed by atoms with E-state index in [9.17, 15) is 4.79 Å². The van der Waals surface area contributed by atoms with Crippen LogP contribution in [0.15, 0.2) is 24.3 Å². The Hall–Kier alpha value is -1.51. The second kappa shape index (κ2) is 7.93. The summed E-state index contributed by atoms with van der Waals surface area (Å²) in [6, 6.07) is 8.19. The molecule has 0 aromatic heterocycles. The number of hydrogen-bond donors (Lipinski definition) is 1. The summed E-state index contributed by atoms with van der Waals surface area (Å²) >= 11 is 0. The molecular formula is C17H26O3. The van der Waals surface area contributed by atoms with Gasteiger partial charge < -0.3 is 9.84 Å². The van der Waals surface area contributed by atoms with Gasteiger partial charge in [-0.2, -0.15) is 0 Å². The van der Waals surface area contributed by atoms with Crippen molar-refractivity contribution in [3.05, 3.63) is 29.8 Å². The zero-order chi connectivity index (χ0) is 15.0. The molecule has 0 aliphatic carbocycles. The maximum atomic E-state index is 11.0. The van der Waals surface area contributed by atoms with Crippen LogP contribution in [0.25, 0.3) is 0 Å². The van der Waals surface area contributed by atoms with Crippen LogP contribution < -0.4 is 4.74 Å². The van der Waals surface area contributed by atoms with Crippen molar-refractivity contribution in [3.63, 3.8) is 0 Å². The Kier molecular flexibility index (Phi) is 6.56. The molecule has 0 saturated carbocycles. The van der Waals surface area contributed by atoms with Gasteiger partial charge in [0.05, 0.1) is 12.0 Å². The van der Waals surface area contributed by atoms with E-state index in [0.717, 1.165) is 18.6 Å². The summed E-state index contributed by atoms with van der Waals surface area (Å²) < 4.78 is 5.65. The highest BCUT2D eigenvalue weighted by molar-refractivity contribution is 5.73. The van der Waals surface area contributed by atoms with Gasteiger partial charge in [-0.3, -0.25) is 4.79 Å². The van der Waals surface area contributed by atoms with Crippen molar-refractivity contribution in [2.24, 2.45) is 5.41 Å². The minimum absolute atomic E-state index is 0.561. The molecule has 0 saturated heterocycles. The number of benzene rings is 1. The number of rotatable bonds is 9. The third kappa shape index (κ3) is 5.64. The largest absolute Gasteiger partial charge is 0.494 e. The van der Waals surface area contributed by atoms with Crippen LogP contribution >= 0.6 is 0 Å². The van der Waals surface area contributed by atoms with Crippen LogP contribution in [-0.4, -0.2) is 17.7 Å². The summed E-state index contributed by atoms with van der Waals surface area (Å²) in [4.78, 5) is 11.0. The zero-order valence-corrected chi connectivity index (χ0v) is 12.8. The Balaban J connectivity index is 2.30. The van der Waals surface area contributed by atoms with E-state index in [4.69, 9.17) is 9.84 Å². The first-order valence-corrected chi connectivity index (χ1v) is 7.41. The lowest BCUT2D eigenvalue weighted by Gasteiger charge is -2.18. The maximum absolute atomic E-state index is 11.0. The Morgan fingerprint density at radius 1 is 1.20 bits per heavy atom. The molecule has 1 aromatic rings. The van der Waals surface area contributed by atoms with Gasteiger partial charge in [0.15, 0.2) is 0 Å². The minimum atomic E-state index is -0.752. The average molecular weight is 278 g/mol. The molecule has 0 fully saturated rings. The van der Waals surface area contributed by atoms with Gasteiger partial charge in [0.2, 0.25) is 0 Å². The third-order valence-electron chi connectivity index (χ3n) is 3.54. The summed E-state index contributed by atoms with van der Waals surface area (Å²) in [5.41, 5.74) is 0.666. The molecule has 20 heavy (non-hydrogen) atoms. The first kappa shape index (κ1) is 16.5. The predicted molar refractivity (Wildman–Crippen MR) is 81.2 cm³/mol. The molecule has 1 rings (SSSR count). The van der Waals surface area contributed by atoms with Crippen LogP contribution in [0.3, 0.4) is 0 Å². The van der Waals surface area contributed by atoms with E-state index < -0.39 is 11.4 Å². The highest BCUT2D eigenvalue weighted by Crippen LogP contribution is 2.22. The van der Waals surface area contributed by atoms with Crippen LogP contribution in [-0.2, 0) is 11.2 Å². The lowest BCUT2D eigenvalue weighted by molar-refractivity contribution is -0.147. The summed E-state index contributed by atoms with van der Waals surface area (Å²) in [6.45, 7) is 6.25. The van der Waals surface area contributed by atoms with Gasteiger partial charge in [-0.1, -0.05) is 25.5 Å². The summed E-state index contributed by atoms with van der Waals surface area (Å²) in [5.74, 6) is 0.108. The van der Waals surface area contributed by atoms with E-state index >= 15 is 0 Å². The van der Waals surface area contributed by atoms with Crippen molar-refractivity contribution in [2.45, 2.75) is 52.9 Å². The van der Waals surface area contributed by atoms with E-state index in [0.29, 0.717) is 13.0 Å². The molecule has 1 aromatic carbocycles. The van der Waals surface area contributed by atoms with Gasteiger partial charge in [-0.15, -0.1) is 0 Å². The smallest absolute Gasteiger partial charge is 0.309 e. The fourth-order valence-corrected chi connectivity index (χ4v) is 1.94. The molecule has 0 bridgehead atoms. The molecule has 3 nitrogen and oxygen atoms in total. The molecule has 0 unspecified atom stereocenters. The first-order chi connectivity index (χ1) is 9.45. The topological polar surface area (TPSA) is 46.5 Å². The van der Waals surface area contributed by atoms with Crippen LogP contribution in [0.4, 0.5) is 0 Å². The monoisotopic (exact) mass is 278 g/mol. The Morgan fingerprint density at radius 3 is 2.40 bits per heavy atom. The van der Waals surface area contributed by atoms with Gasteiger partial charge in [-0.05, 0) is 57.2 Å². The molecular weight excluding hydrogens is 252 g/mol. The Bertz CT molecular complexity index is 407. The van der Waals surface area contributed by atoms with Gasteiger partial charge in [0.1, 0.15) is 5.75 Å². The van der Waals surface area contributed by atoms with Crippen molar-refractivity contribution in [1.29, 1.82) is 0 Å². The highest BCUT2D eigenvalue weighted by atomic mass is 16.5. The lowest BCUT2D eigenvalue weighted by atomic mass is 9.88. The van der Waals surface area contributed by atoms with Gasteiger partial charge in [-0.25, -0.2) is 0 Å². The SMILES string of the molecule is CCCCc1ccc(OCCCC(C)(C)C(=O)O)cc1. The normalized spacial score (nSPS) is 11.3. The van der Waals surface area contributed by atoms with Crippen LogP contribution in [0, 0.1) is 5.41 Å². The molecule has 0 aliphatic rings. The summed E-state index contributed by atoms with van der Waals surface area (Å²) in [6.07, 6.45) is 4.90. The number of hydrogen-bond acceptors (Lipinski definition) is 2. The second-order valence-corrected chi connectivity index (χ2v) is 5.89. The molecule has 0 heterocycles. The zero-order valence-electron chi connectivity index (χ0n) is 12.8. The molecule has 112 valence electrons. The van der Waals surface area contributed by atoms with E-state index in [-0.39, 0.29) is 0 Å². The molecule has 0 spiro atoms. The van der Waals surface area contributed by atoms with Crippen molar-refractivity contribution < 1.29 is 14.6 Å². The number of carboxylic acids is 1. The van der Waals surface area contributed by atoms with Gasteiger partial charge in [0, 0.05) is 0 Å². The Labute approximate surface area is 122 Å². The molecule has 0 amide bonds. The average Bonchev–Trinajstić information content (AvgIpc) is 2.42. The lowest BCUT2D eigenvalue weighted by Crippen LogP contribution is -2.24. The number of carboxylic acid groups (broad SMARTS) is 1. The third-order valence-corrected chi connectivity index (χ3v) is 3.54. The van der Waals surface area contributed by atoms with E-state index in [1.807, 2.05) is 12.1 Å². The fraction of sp³-hybridized carbons (Fsp3) is 0.588. The number of aryl methyl sites for hydroxylation is 1. The first-order valence-electron chi connectivity index (χ1n) is 7.41. The van der Waals surface area contributed by atoms with Crippen molar-refractivity contribution in [2.75, 3.05) is 6.61 Å². The van der Waals surface area contributed by atoms with Crippen LogP contribution in [0.2, 0.25) is 0 Å². The highest BCUT2D eigenvalue weighted by Gasteiger charge is 2.26. The van der Waals surface area contributed by atoms with E-state index in [1.165, 1.54) is 18.4 Å². The molecule has 3 heteroatoms. The number of carbonyl (C=O) groups is 1. The summed E-state index contributed by atoms with van der Waals surface area (Å²) in [5, 5.41) is 9.02. The molecule has 0 atom stereocenters. The number of unbranched alkanes of at least 4 members (excludes halogenated alkanes) is 1. The second-order valence-electron chi connectivity index (χ2n) is 5.89. The van der Waals surface area contributed by atoms with Gasteiger partial charge >= 0.3 is 5.97 Å². The predicted octanol–water partition coefficient (Wildman–Crippen LogP) is 4.30. The van der Waals surface area contributed by atoms with Crippen molar-refractivity contribution in [3.8, 4) is 5.75 Å². The van der Waals surface area contributed by atoms with Crippen LogP contribution in [0.1, 0.15) is 52.0 Å².